The number of aromatic nitrogens is 2. The molecule has 1 amide bonds. The van der Waals surface area contributed by atoms with Crippen molar-refractivity contribution in [1.82, 2.24) is 9.78 Å². The van der Waals surface area contributed by atoms with Gasteiger partial charge in [0, 0.05) is 7.05 Å². The lowest BCUT2D eigenvalue weighted by Gasteiger charge is -2.16. The van der Waals surface area contributed by atoms with Crippen LogP contribution in [-0.2, 0) is 16.6 Å². The molecule has 8 heteroatoms. The number of carbonyl (C=O) groups is 2. The summed E-state index contributed by atoms with van der Waals surface area (Å²) >= 11 is 0. The van der Waals surface area contributed by atoms with Gasteiger partial charge in [0.1, 0.15) is 17.1 Å². The van der Waals surface area contributed by atoms with Crippen molar-refractivity contribution >= 4 is 17.6 Å². The van der Waals surface area contributed by atoms with Crippen molar-refractivity contribution in [2.45, 2.75) is 26.9 Å². The van der Waals surface area contributed by atoms with E-state index in [4.69, 9.17) is 14.2 Å². The molecule has 1 atom stereocenters. The Kier molecular flexibility index (Phi) is 5.86. The molecule has 0 saturated carbocycles. The van der Waals surface area contributed by atoms with Gasteiger partial charge in [-0.2, -0.15) is 5.10 Å². The molecule has 2 rings (SSSR count). The number of benzene rings is 1. The second-order valence-electron chi connectivity index (χ2n) is 5.74. The van der Waals surface area contributed by atoms with Crippen LogP contribution in [0.1, 0.15) is 28.7 Å². The first kappa shape index (κ1) is 19.3. The van der Waals surface area contributed by atoms with E-state index in [0.717, 1.165) is 5.69 Å². The summed E-state index contributed by atoms with van der Waals surface area (Å²) in [6, 6.07) is 4.93. The Morgan fingerprint density at radius 2 is 1.73 bits per heavy atom. The third-order valence-electron chi connectivity index (χ3n) is 4.04. The first-order valence-electron chi connectivity index (χ1n) is 8.03. The first-order chi connectivity index (χ1) is 12.3. The zero-order valence-electron chi connectivity index (χ0n) is 15.7. The summed E-state index contributed by atoms with van der Waals surface area (Å²) < 4.78 is 17.3. The molecule has 1 N–H and O–H groups in total. The third kappa shape index (κ3) is 3.79. The predicted molar refractivity (Wildman–Crippen MR) is 95.7 cm³/mol. The first-order valence-corrected chi connectivity index (χ1v) is 8.03. The van der Waals surface area contributed by atoms with Crippen LogP contribution < -0.4 is 14.8 Å². The number of amides is 1. The number of methoxy groups -OCH3 is 2. The minimum atomic E-state index is -1.02. The molecular formula is C18H23N3O5. The quantitative estimate of drug-likeness (QED) is 0.794. The van der Waals surface area contributed by atoms with Crippen LogP contribution in [0.4, 0.5) is 5.69 Å². The van der Waals surface area contributed by atoms with Crippen molar-refractivity contribution in [2.75, 3.05) is 19.5 Å². The summed E-state index contributed by atoms with van der Waals surface area (Å²) in [6.07, 6.45) is -1.02. The normalized spacial score (nSPS) is 11.6. The molecule has 0 radical (unpaired) electrons. The van der Waals surface area contributed by atoms with E-state index in [9.17, 15) is 9.59 Å². The standard InChI is InChI=1S/C18H23N3O5/c1-10-16(11(2)21(4)20-10)19-17(22)12(3)26-18(23)15-13(24-5)8-7-9-14(15)25-6/h7-9,12H,1-6H3,(H,19,22)/t12-/m1/s1. The minimum absolute atomic E-state index is 0.130. The second kappa shape index (κ2) is 7.90. The van der Waals surface area contributed by atoms with Crippen LogP contribution in [0.2, 0.25) is 0 Å². The molecule has 0 bridgehead atoms. The zero-order chi connectivity index (χ0) is 19.4. The van der Waals surface area contributed by atoms with Crippen molar-refractivity contribution in [1.29, 1.82) is 0 Å². The molecule has 0 unspecified atom stereocenters. The molecule has 8 nitrogen and oxygen atoms in total. The predicted octanol–water partition coefficient (Wildman–Crippen LogP) is 2.24. The number of esters is 1. The summed E-state index contributed by atoms with van der Waals surface area (Å²) in [6.45, 7) is 5.13. The molecule has 0 saturated heterocycles. The number of rotatable bonds is 6. The molecule has 0 fully saturated rings. The Balaban J connectivity index is 2.15. The Hall–Kier alpha value is -3.03. The number of aryl methyl sites for hydroxylation is 2. The Labute approximate surface area is 152 Å². The summed E-state index contributed by atoms with van der Waals surface area (Å²) in [5, 5.41) is 6.99. The SMILES string of the molecule is COc1cccc(OC)c1C(=O)O[C@H](C)C(=O)Nc1c(C)nn(C)c1C. The zero-order valence-corrected chi connectivity index (χ0v) is 15.7. The molecule has 0 aliphatic rings. The van der Waals surface area contributed by atoms with Crippen LogP contribution >= 0.6 is 0 Å². The van der Waals surface area contributed by atoms with E-state index < -0.39 is 18.0 Å². The number of anilines is 1. The molecule has 2 aromatic rings. The van der Waals surface area contributed by atoms with Crippen molar-refractivity contribution in [3.63, 3.8) is 0 Å². The fourth-order valence-electron chi connectivity index (χ4n) is 2.50. The number of carbonyl (C=O) groups excluding carboxylic acids is 2. The molecular weight excluding hydrogens is 338 g/mol. The van der Waals surface area contributed by atoms with Crippen LogP contribution in [0, 0.1) is 13.8 Å². The maximum absolute atomic E-state index is 12.5. The number of ether oxygens (including phenoxy) is 3. The van der Waals surface area contributed by atoms with E-state index in [1.54, 1.807) is 36.9 Å². The van der Waals surface area contributed by atoms with Crippen LogP contribution in [0.3, 0.4) is 0 Å². The van der Waals surface area contributed by atoms with Crippen LogP contribution in [0.5, 0.6) is 11.5 Å². The summed E-state index contributed by atoms with van der Waals surface area (Å²) in [4.78, 5) is 24.9. The van der Waals surface area contributed by atoms with Crippen molar-refractivity contribution < 1.29 is 23.8 Å². The minimum Gasteiger partial charge on any atom is -0.496 e. The fourth-order valence-corrected chi connectivity index (χ4v) is 2.50. The average molecular weight is 361 g/mol. The Morgan fingerprint density at radius 1 is 1.15 bits per heavy atom. The Morgan fingerprint density at radius 3 is 2.19 bits per heavy atom. The number of hydrogen-bond donors (Lipinski definition) is 1. The van der Waals surface area contributed by atoms with Gasteiger partial charge in [0.05, 0.1) is 31.3 Å². The van der Waals surface area contributed by atoms with Gasteiger partial charge in [0.25, 0.3) is 5.91 Å². The molecule has 0 spiro atoms. The van der Waals surface area contributed by atoms with Crippen molar-refractivity contribution in [3.05, 3.63) is 35.2 Å². The molecule has 0 aliphatic carbocycles. The third-order valence-corrected chi connectivity index (χ3v) is 4.04. The van der Waals surface area contributed by atoms with Gasteiger partial charge in [-0.1, -0.05) is 6.07 Å². The number of nitrogens with zero attached hydrogens (tertiary/aromatic N) is 2. The maximum Gasteiger partial charge on any atom is 0.346 e. The van der Waals surface area contributed by atoms with E-state index >= 15 is 0 Å². The molecule has 0 aliphatic heterocycles. The van der Waals surface area contributed by atoms with E-state index in [-0.39, 0.29) is 5.56 Å². The number of nitrogens with one attached hydrogen (secondary N) is 1. The average Bonchev–Trinajstić information content (AvgIpc) is 2.86. The van der Waals surface area contributed by atoms with E-state index in [1.165, 1.54) is 21.1 Å². The highest BCUT2D eigenvalue weighted by Gasteiger charge is 2.25. The fraction of sp³-hybridized carbons (Fsp3) is 0.389. The van der Waals surface area contributed by atoms with Crippen molar-refractivity contribution in [3.8, 4) is 11.5 Å². The molecule has 1 aromatic heterocycles. The number of hydrogen-bond acceptors (Lipinski definition) is 6. The van der Waals surface area contributed by atoms with Gasteiger partial charge in [0.15, 0.2) is 6.10 Å². The monoisotopic (exact) mass is 361 g/mol. The Bertz CT molecular complexity index is 806. The lowest BCUT2D eigenvalue weighted by atomic mass is 10.1. The van der Waals surface area contributed by atoms with Gasteiger partial charge in [0.2, 0.25) is 0 Å². The molecule has 140 valence electrons. The van der Waals surface area contributed by atoms with Gasteiger partial charge in [-0.15, -0.1) is 0 Å². The highest BCUT2D eigenvalue weighted by Crippen LogP contribution is 2.29. The maximum atomic E-state index is 12.5. The van der Waals surface area contributed by atoms with Crippen LogP contribution in [0.25, 0.3) is 0 Å². The van der Waals surface area contributed by atoms with Crippen LogP contribution in [0.15, 0.2) is 18.2 Å². The van der Waals surface area contributed by atoms with Crippen molar-refractivity contribution in [2.24, 2.45) is 7.05 Å². The largest absolute Gasteiger partial charge is 0.496 e. The smallest absolute Gasteiger partial charge is 0.346 e. The van der Waals surface area contributed by atoms with Gasteiger partial charge >= 0.3 is 5.97 Å². The van der Waals surface area contributed by atoms with E-state index in [1.807, 2.05) is 6.92 Å². The lowest BCUT2D eigenvalue weighted by Crippen LogP contribution is -2.30. The van der Waals surface area contributed by atoms with Gasteiger partial charge in [-0.25, -0.2) is 4.79 Å². The van der Waals surface area contributed by atoms with Gasteiger partial charge in [-0.3, -0.25) is 9.48 Å². The summed E-state index contributed by atoms with van der Waals surface area (Å²) in [5.41, 5.74) is 2.23. The van der Waals surface area contributed by atoms with E-state index in [2.05, 4.69) is 10.4 Å². The molecule has 1 aromatic carbocycles. The van der Waals surface area contributed by atoms with E-state index in [0.29, 0.717) is 22.9 Å². The summed E-state index contributed by atoms with van der Waals surface area (Å²) in [7, 11) is 4.67. The van der Waals surface area contributed by atoms with Gasteiger partial charge < -0.3 is 19.5 Å². The second-order valence-corrected chi connectivity index (χ2v) is 5.74. The molecule has 1 heterocycles. The van der Waals surface area contributed by atoms with Crippen LogP contribution in [-0.4, -0.2) is 42.0 Å². The van der Waals surface area contributed by atoms with Gasteiger partial charge in [-0.05, 0) is 32.9 Å². The molecule has 26 heavy (non-hydrogen) atoms. The highest BCUT2D eigenvalue weighted by molar-refractivity contribution is 6.00. The summed E-state index contributed by atoms with van der Waals surface area (Å²) in [5.74, 6) is -0.546. The lowest BCUT2D eigenvalue weighted by molar-refractivity contribution is -0.123. The topological polar surface area (TPSA) is 91.7 Å². The highest BCUT2D eigenvalue weighted by atomic mass is 16.6.